The van der Waals surface area contributed by atoms with Crippen LogP contribution in [0.2, 0.25) is 0 Å². The van der Waals surface area contributed by atoms with Crippen LogP contribution < -0.4 is 5.32 Å². The van der Waals surface area contributed by atoms with Crippen LogP contribution in [0.3, 0.4) is 0 Å². The minimum absolute atomic E-state index is 0.0104. The third kappa shape index (κ3) is 4.29. The number of hydrogen-bond acceptors (Lipinski definition) is 5. The van der Waals surface area contributed by atoms with Crippen molar-refractivity contribution in [2.24, 2.45) is 5.92 Å². The van der Waals surface area contributed by atoms with Crippen LogP contribution in [0, 0.1) is 5.92 Å². The van der Waals surface area contributed by atoms with E-state index in [-0.39, 0.29) is 11.9 Å². The summed E-state index contributed by atoms with van der Waals surface area (Å²) >= 11 is 1.33. The second-order valence-corrected chi connectivity index (χ2v) is 6.04. The third-order valence-corrected chi connectivity index (χ3v) is 4.08. The van der Waals surface area contributed by atoms with Gasteiger partial charge >= 0.3 is 0 Å². The van der Waals surface area contributed by atoms with Gasteiger partial charge < -0.3 is 5.32 Å². The van der Waals surface area contributed by atoms with E-state index < -0.39 is 0 Å². The highest BCUT2D eigenvalue weighted by Gasteiger charge is 2.14. The van der Waals surface area contributed by atoms with Gasteiger partial charge in [-0.1, -0.05) is 43.8 Å². The molecule has 0 radical (unpaired) electrons. The summed E-state index contributed by atoms with van der Waals surface area (Å²) in [5.74, 6) is 0.696. The molecule has 0 aliphatic rings. The predicted octanol–water partition coefficient (Wildman–Crippen LogP) is 1.92. The fraction of sp³-hybridized carbons (Fsp3) is 0.429. The van der Waals surface area contributed by atoms with Crippen molar-refractivity contribution in [1.29, 1.82) is 0 Å². The minimum atomic E-state index is -0.0104. The van der Waals surface area contributed by atoms with Crippen LogP contribution in [0.1, 0.15) is 20.8 Å². The van der Waals surface area contributed by atoms with E-state index in [0.29, 0.717) is 16.8 Å². The molecule has 6 nitrogen and oxygen atoms in total. The maximum absolute atomic E-state index is 11.9. The second kappa shape index (κ2) is 7.21. The zero-order valence-electron chi connectivity index (χ0n) is 12.4. The molecule has 1 atom stereocenters. The van der Waals surface area contributed by atoms with E-state index >= 15 is 0 Å². The molecule has 1 heterocycles. The van der Waals surface area contributed by atoms with Gasteiger partial charge in [-0.2, -0.15) is 4.68 Å². The molecule has 0 bridgehead atoms. The Kier molecular flexibility index (Phi) is 5.32. The van der Waals surface area contributed by atoms with Crippen molar-refractivity contribution in [3.63, 3.8) is 0 Å². The summed E-state index contributed by atoms with van der Waals surface area (Å²) in [5, 5.41) is 15.2. The van der Waals surface area contributed by atoms with Crippen molar-refractivity contribution in [3.8, 4) is 5.69 Å². The van der Waals surface area contributed by atoms with Crippen LogP contribution >= 0.6 is 11.8 Å². The van der Waals surface area contributed by atoms with Gasteiger partial charge in [-0.25, -0.2) is 0 Å². The first-order valence-electron chi connectivity index (χ1n) is 6.84. The van der Waals surface area contributed by atoms with E-state index in [1.165, 1.54) is 11.8 Å². The second-order valence-electron chi connectivity index (χ2n) is 5.10. The summed E-state index contributed by atoms with van der Waals surface area (Å²) in [7, 11) is 0. The first kappa shape index (κ1) is 15.5. The average Bonchev–Trinajstić information content (AvgIpc) is 2.94. The van der Waals surface area contributed by atoms with E-state index in [1.54, 1.807) is 4.68 Å². The molecule has 0 fully saturated rings. The Labute approximate surface area is 128 Å². The molecule has 0 saturated carbocycles. The van der Waals surface area contributed by atoms with Gasteiger partial charge in [0.05, 0.1) is 11.4 Å². The molecule has 21 heavy (non-hydrogen) atoms. The molecule has 1 amide bonds. The standard InChI is InChI=1S/C14H19N5OS/c1-10(2)11(3)15-13(20)9-21-14-16-17-18-19(14)12-7-5-4-6-8-12/h4-8,10-11H,9H2,1-3H3,(H,15,20). The zero-order valence-corrected chi connectivity index (χ0v) is 13.2. The molecular weight excluding hydrogens is 286 g/mol. The maximum atomic E-state index is 11.9. The van der Waals surface area contributed by atoms with Gasteiger partial charge in [-0.3, -0.25) is 4.79 Å². The highest BCUT2D eigenvalue weighted by Crippen LogP contribution is 2.17. The van der Waals surface area contributed by atoms with Crippen LogP contribution in [-0.4, -0.2) is 37.9 Å². The van der Waals surface area contributed by atoms with Gasteiger partial charge in [0.1, 0.15) is 0 Å². The third-order valence-electron chi connectivity index (χ3n) is 3.16. The first-order valence-corrected chi connectivity index (χ1v) is 7.82. The summed E-state index contributed by atoms with van der Waals surface area (Å²) in [4.78, 5) is 11.9. The van der Waals surface area contributed by atoms with Gasteiger partial charge in [-0.05, 0) is 35.4 Å². The Morgan fingerprint density at radius 1 is 1.29 bits per heavy atom. The number of aromatic nitrogens is 4. The Morgan fingerprint density at radius 2 is 2.00 bits per heavy atom. The molecular formula is C14H19N5OS. The molecule has 1 aromatic heterocycles. The molecule has 112 valence electrons. The number of benzene rings is 1. The summed E-state index contributed by atoms with van der Waals surface area (Å²) < 4.78 is 1.63. The summed E-state index contributed by atoms with van der Waals surface area (Å²) in [5.41, 5.74) is 0.876. The maximum Gasteiger partial charge on any atom is 0.230 e. The monoisotopic (exact) mass is 305 g/mol. The normalized spacial score (nSPS) is 12.4. The number of hydrogen-bond donors (Lipinski definition) is 1. The molecule has 0 aliphatic heterocycles. The predicted molar refractivity (Wildman–Crippen MR) is 82.3 cm³/mol. The van der Waals surface area contributed by atoms with Gasteiger partial charge in [0.15, 0.2) is 0 Å². The lowest BCUT2D eigenvalue weighted by Gasteiger charge is -2.17. The number of nitrogens with zero attached hydrogens (tertiary/aromatic N) is 4. The fourth-order valence-electron chi connectivity index (χ4n) is 1.59. The van der Waals surface area contributed by atoms with E-state index in [1.807, 2.05) is 37.3 Å². The van der Waals surface area contributed by atoms with Crippen molar-refractivity contribution in [2.45, 2.75) is 32.0 Å². The van der Waals surface area contributed by atoms with Crippen LogP contribution in [0.4, 0.5) is 0 Å². The van der Waals surface area contributed by atoms with Crippen LogP contribution in [0.15, 0.2) is 35.5 Å². The molecule has 2 aromatic rings. The number of nitrogens with one attached hydrogen (secondary N) is 1. The number of amides is 1. The van der Waals surface area contributed by atoms with Crippen molar-refractivity contribution < 1.29 is 4.79 Å². The molecule has 0 spiro atoms. The lowest BCUT2D eigenvalue weighted by molar-refractivity contribution is -0.119. The van der Waals surface area contributed by atoms with Gasteiger partial charge in [-0.15, -0.1) is 5.10 Å². The molecule has 1 aromatic carbocycles. The van der Waals surface area contributed by atoms with Crippen LogP contribution in [-0.2, 0) is 4.79 Å². The molecule has 1 unspecified atom stereocenters. The van der Waals surface area contributed by atoms with Gasteiger partial charge in [0, 0.05) is 6.04 Å². The Hall–Kier alpha value is -1.89. The number of para-hydroxylation sites is 1. The summed E-state index contributed by atoms with van der Waals surface area (Å²) in [6, 6.07) is 9.76. The summed E-state index contributed by atoms with van der Waals surface area (Å²) in [6.07, 6.45) is 0. The Bertz CT molecular complexity index is 584. The molecule has 0 saturated heterocycles. The molecule has 0 aliphatic carbocycles. The van der Waals surface area contributed by atoms with Crippen molar-refractivity contribution in [3.05, 3.63) is 30.3 Å². The number of carbonyl (C=O) groups excluding carboxylic acids is 1. The zero-order chi connectivity index (χ0) is 15.2. The lowest BCUT2D eigenvalue weighted by Crippen LogP contribution is -2.37. The number of tetrazole rings is 1. The number of carbonyl (C=O) groups is 1. The summed E-state index contributed by atoms with van der Waals surface area (Å²) in [6.45, 7) is 6.16. The highest BCUT2D eigenvalue weighted by atomic mass is 32.2. The lowest BCUT2D eigenvalue weighted by atomic mass is 10.1. The number of thioether (sulfide) groups is 1. The highest BCUT2D eigenvalue weighted by molar-refractivity contribution is 7.99. The van der Waals surface area contributed by atoms with Gasteiger partial charge in [0.2, 0.25) is 11.1 Å². The molecule has 1 N–H and O–H groups in total. The van der Waals surface area contributed by atoms with E-state index in [4.69, 9.17) is 0 Å². The fourth-order valence-corrected chi connectivity index (χ4v) is 2.29. The van der Waals surface area contributed by atoms with E-state index in [0.717, 1.165) is 5.69 Å². The van der Waals surface area contributed by atoms with Gasteiger partial charge in [0.25, 0.3) is 0 Å². The quantitative estimate of drug-likeness (QED) is 0.825. The molecule has 2 rings (SSSR count). The average molecular weight is 305 g/mol. The largest absolute Gasteiger partial charge is 0.353 e. The van der Waals surface area contributed by atoms with Crippen molar-refractivity contribution in [2.75, 3.05) is 5.75 Å². The Balaban J connectivity index is 1.96. The Morgan fingerprint density at radius 3 is 2.67 bits per heavy atom. The smallest absolute Gasteiger partial charge is 0.230 e. The first-order chi connectivity index (χ1) is 10.1. The van der Waals surface area contributed by atoms with E-state index in [2.05, 4.69) is 34.7 Å². The SMILES string of the molecule is CC(C)C(C)NC(=O)CSc1nnnn1-c1ccccc1. The molecule has 7 heteroatoms. The van der Waals surface area contributed by atoms with Crippen LogP contribution in [0.25, 0.3) is 5.69 Å². The van der Waals surface area contributed by atoms with Crippen LogP contribution in [0.5, 0.6) is 0 Å². The van der Waals surface area contributed by atoms with E-state index in [9.17, 15) is 4.79 Å². The topological polar surface area (TPSA) is 72.7 Å². The number of rotatable bonds is 6. The van der Waals surface area contributed by atoms with Crippen molar-refractivity contribution >= 4 is 17.7 Å². The minimum Gasteiger partial charge on any atom is -0.353 e. The van der Waals surface area contributed by atoms with Crippen molar-refractivity contribution in [1.82, 2.24) is 25.5 Å².